The van der Waals surface area contributed by atoms with Gasteiger partial charge in [0, 0.05) is 18.5 Å². The van der Waals surface area contributed by atoms with Gasteiger partial charge in [-0.15, -0.1) is 0 Å². The van der Waals surface area contributed by atoms with Gasteiger partial charge in [0.15, 0.2) is 0 Å². The van der Waals surface area contributed by atoms with E-state index in [1.54, 1.807) is 0 Å². The molecule has 3 heterocycles. The van der Waals surface area contributed by atoms with E-state index >= 15 is 0 Å². The Morgan fingerprint density at radius 3 is 2.70 bits per heavy atom. The van der Waals surface area contributed by atoms with Crippen molar-refractivity contribution in [2.75, 3.05) is 44.3 Å². The Kier molecular flexibility index (Phi) is 4.19. The number of aryl methyl sites for hydroxylation is 1. The fraction of sp³-hybridized carbons (Fsp3) is 0.526. The number of ether oxygens (including phenoxy) is 1. The molecule has 0 saturated carbocycles. The van der Waals surface area contributed by atoms with E-state index in [4.69, 9.17) is 9.72 Å². The van der Waals surface area contributed by atoms with Crippen molar-refractivity contribution in [2.24, 2.45) is 0 Å². The molecule has 2 aliphatic rings. The Labute approximate surface area is 137 Å². The van der Waals surface area contributed by atoms with Crippen LogP contribution in [0.2, 0.25) is 0 Å². The highest BCUT2D eigenvalue weighted by Gasteiger charge is 2.24. The summed E-state index contributed by atoms with van der Waals surface area (Å²) >= 11 is 0. The van der Waals surface area contributed by atoms with E-state index in [9.17, 15) is 0 Å². The van der Waals surface area contributed by atoms with Crippen LogP contribution in [0, 0.1) is 6.92 Å². The molecule has 2 saturated heterocycles. The number of nitrogens with one attached hydrogen (secondary N) is 1. The Morgan fingerprint density at radius 1 is 1.13 bits per heavy atom. The van der Waals surface area contributed by atoms with Crippen molar-refractivity contribution < 1.29 is 4.74 Å². The van der Waals surface area contributed by atoms with E-state index in [0.717, 1.165) is 44.9 Å². The van der Waals surface area contributed by atoms with Crippen molar-refractivity contribution in [1.82, 2.24) is 10.3 Å². The molecule has 0 aliphatic carbocycles. The molecule has 0 atom stereocenters. The van der Waals surface area contributed by atoms with Gasteiger partial charge in [-0.2, -0.15) is 0 Å². The first-order valence-corrected chi connectivity index (χ1v) is 8.76. The van der Waals surface area contributed by atoms with E-state index in [-0.39, 0.29) is 0 Å². The number of hydrogen-bond donors (Lipinski definition) is 1. The van der Waals surface area contributed by atoms with E-state index in [0.29, 0.717) is 5.92 Å². The van der Waals surface area contributed by atoms with Crippen molar-refractivity contribution in [3.8, 4) is 0 Å². The Morgan fingerprint density at radius 2 is 1.91 bits per heavy atom. The predicted molar refractivity (Wildman–Crippen MR) is 94.4 cm³/mol. The fourth-order valence-electron chi connectivity index (χ4n) is 3.76. The largest absolute Gasteiger partial charge is 0.378 e. The van der Waals surface area contributed by atoms with Crippen LogP contribution in [-0.4, -0.2) is 44.4 Å². The van der Waals surface area contributed by atoms with E-state index < -0.39 is 0 Å². The number of morpholine rings is 1. The summed E-state index contributed by atoms with van der Waals surface area (Å²) in [7, 11) is 0. The summed E-state index contributed by atoms with van der Waals surface area (Å²) in [6, 6.07) is 8.97. The molecule has 0 radical (unpaired) electrons. The minimum atomic E-state index is 0.617. The zero-order chi connectivity index (χ0) is 15.6. The molecule has 1 aromatic carbocycles. The second kappa shape index (κ2) is 6.46. The maximum absolute atomic E-state index is 5.53. The lowest BCUT2D eigenvalue weighted by atomic mass is 9.89. The molecule has 0 spiro atoms. The van der Waals surface area contributed by atoms with Gasteiger partial charge in [-0.25, -0.2) is 4.98 Å². The summed E-state index contributed by atoms with van der Waals surface area (Å²) in [5.74, 6) is 1.81. The lowest BCUT2D eigenvalue weighted by Crippen LogP contribution is -2.38. The third kappa shape index (κ3) is 3.06. The molecule has 1 N–H and O–H groups in total. The maximum Gasteiger partial charge on any atom is 0.132 e. The lowest BCUT2D eigenvalue weighted by Gasteiger charge is -2.33. The van der Waals surface area contributed by atoms with E-state index in [2.05, 4.69) is 41.4 Å². The zero-order valence-electron chi connectivity index (χ0n) is 13.8. The van der Waals surface area contributed by atoms with Crippen LogP contribution in [0.25, 0.3) is 10.9 Å². The highest BCUT2D eigenvalue weighted by Crippen LogP contribution is 2.35. The second-order valence-electron chi connectivity index (χ2n) is 6.72. The number of benzene rings is 1. The zero-order valence-corrected chi connectivity index (χ0v) is 13.8. The van der Waals surface area contributed by atoms with Crippen molar-refractivity contribution in [1.29, 1.82) is 0 Å². The summed E-state index contributed by atoms with van der Waals surface area (Å²) in [4.78, 5) is 7.48. The van der Waals surface area contributed by atoms with Gasteiger partial charge in [-0.1, -0.05) is 11.6 Å². The monoisotopic (exact) mass is 311 g/mol. The van der Waals surface area contributed by atoms with Gasteiger partial charge in [0.2, 0.25) is 0 Å². The van der Waals surface area contributed by atoms with Crippen molar-refractivity contribution >= 4 is 16.7 Å². The number of piperidine rings is 1. The van der Waals surface area contributed by atoms with Gasteiger partial charge in [-0.3, -0.25) is 0 Å². The molecule has 1 aromatic heterocycles. The van der Waals surface area contributed by atoms with Gasteiger partial charge in [0.1, 0.15) is 5.82 Å². The number of pyridine rings is 1. The number of anilines is 1. The van der Waals surface area contributed by atoms with Gasteiger partial charge in [0.25, 0.3) is 0 Å². The molecule has 4 rings (SSSR count). The highest BCUT2D eigenvalue weighted by atomic mass is 16.5. The number of hydrogen-bond acceptors (Lipinski definition) is 4. The van der Waals surface area contributed by atoms with Crippen LogP contribution in [0.1, 0.15) is 29.9 Å². The third-order valence-electron chi connectivity index (χ3n) is 5.07. The molecule has 2 aromatic rings. The standard InChI is InChI=1S/C19H25N3O/c1-14-2-3-18-16(12-14)13-17(15-4-6-20-7-5-15)19(21-18)22-8-10-23-11-9-22/h2-3,12-13,15,20H,4-11H2,1H3. The first kappa shape index (κ1) is 14.9. The average Bonchev–Trinajstić information content (AvgIpc) is 2.62. The third-order valence-corrected chi connectivity index (χ3v) is 5.07. The number of nitrogens with zero attached hydrogens (tertiary/aromatic N) is 2. The predicted octanol–water partition coefficient (Wildman–Crippen LogP) is 2.85. The number of aromatic nitrogens is 1. The highest BCUT2D eigenvalue weighted by molar-refractivity contribution is 5.83. The topological polar surface area (TPSA) is 37.4 Å². The van der Waals surface area contributed by atoms with Crippen LogP contribution in [0.4, 0.5) is 5.82 Å². The van der Waals surface area contributed by atoms with Crippen LogP contribution in [0.5, 0.6) is 0 Å². The minimum absolute atomic E-state index is 0.617. The summed E-state index contributed by atoms with van der Waals surface area (Å²) < 4.78 is 5.53. The summed E-state index contributed by atoms with van der Waals surface area (Å²) in [5.41, 5.74) is 3.84. The van der Waals surface area contributed by atoms with Gasteiger partial charge in [-0.05, 0) is 62.5 Å². The van der Waals surface area contributed by atoms with E-state index in [1.165, 1.54) is 35.2 Å². The average molecular weight is 311 g/mol. The molecule has 122 valence electrons. The summed E-state index contributed by atoms with van der Waals surface area (Å²) in [6.07, 6.45) is 2.41. The molecule has 2 aliphatic heterocycles. The molecule has 4 heteroatoms. The summed E-state index contributed by atoms with van der Waals surface area (Å²) in [6.45, 7) is 7.88. The van der Waals surface area contributed by atoms with Crippen LogP contribution in [0.3, 0.4) is 0 Å². The molecule has 0 unspecified atom stereocenters. The quantitative estimate of drug-likeness (QED) is 0.925. The molecular weight excluding hydrogens is 286 g/mol. The molecule has 0 bridgehead atoms. The smallest absolute Gasteiger partial charge is 0.132 e. The van der Waals surface area contributed by atoms with Gasteiger partial charge < -0.3 is 15.0 Å². The van der Waals surface area contributed by atoms with Crippen molar-refractivity contribution in [2.45, 2.75) is 25.7 Å². The maximum atomic E-state index is 5.53. The van der Waals surface area contributed by atoms with Crippen LogP contribution in [-0.2, 0) is 4.74 Å². The number of rotatable bonds is 2. The number of fused-ring (bicyclic) bond motifs is 1. The minimum Gasteiger partial charge on any atom is -0.378 e. The first-order valence-electron chi connectivity index (χ1n) is 8.76. The molecule has 2 fully saturated rings. The van der Waals surface area contributed by atoms with Crippen molar-refractivity contribution in [3.63, 3.8) is 0 Å². The Hall–Kier alpha value is -1.65. The summed E-state index contributed by atoms with van der Waals surface area (Å²) in [5, 5.41) is 4.75. The molecule has 4 nitrogen and oxygen atoms in total. The SMILES string of the molecule is Cc1ccc2nc(N3CCOCC3)c(C3CCNCC3)cc2c1. The Bertz CT molecular complexity index is 688. The van der Waals surface area contributed by atoms with Crippen LogP contribution >= 0.6 is 0 Å². The normalized spacial score (nSPS) is 20.1. The molecule has 0 amide bonds. The molecular formula is C19H25N3O. The van der Waals surface area contributed by atoms with Crippen LogP contribution < -0.4 is 10.2 Å². The van der Waals surface area contributed by atoms with Crippen LogP contribution in [0.15, 0.2) is 24.3 Å². The Balaban J connectivity index is 1.81. The van der Waals surface area contributed by atoms with E-state index in [1.807, 2.05) is 0 Å². The fourth-order valence-corrected chi connectivity index (χ4v) is 3.76. The van der Waals surface area contributed by atoms with Crippen molar-refractivity contribution in [3.05, 3.63) is 35.4 Å². The van der Waals surface area contributed by atoms with Gasteiger partial charge >= 0.3 is 0 Å². The molecule has 23 heavy (non-hydrogen) atoms. The first-order chi connectivity index (χ1) is 11.3. The van der Waals surface area contributed by atoms with Gasteiger partial charge in [0.05, 0.1) is 18.7 Å². The lowest BCUT2D eigenvalue weighted by molar-refractivity contribution is 0.122. The second-order valence-corrected chi connectivity index (χ2v) is 6.72.